The molecule has 5 nitrogen and oxygen atoms in total. The highest BCUT2D eigenvalue weighted by Gasteiger charge is 2.33. The van der Waals surface area contributed by atoms with Crippen molar-refractivity contribution in [1.82, 2.24) is 4.90 Å². The fraction of sp³-hybridized carbons (Fsp3) is 0.500. The van der Waals surface area contributed by atoms with Crippen molar-refractivity contribution in [2.45, 2.75) is 51.1 Å². The summed E-state index contributed by atoms with van der Waals surface area (Å²) in [5.74, 6) is 0.0508. The minimum Gasteiger partial charge on any atom is -0.462 e. The number of hydrogen-bond acceptors (Lipinski definition) is 6. The van der Waals surface area contributed by atoms with Gasteiger partial charge in [-0.2, -0.15) is 0 Å². The molecule has 2 aromatic rings. The average Bonchev–Trinajstić information content (AvgIpc) is 3.57. The van der Waals surface area contributed by atoms with Crippen molar-refractivity contribution in [2.75, 3.05) is 18.5 Å². The number of nitrogens with zero attached hydrogens (tertiary/aromatic N) is 1. The molecule has 7 heteroatoms. The quantitative estimate of drug-likeness (QED) is 0.627. The Morgan fingerprint density at radius 3 is 2.70 bits per heavy atom. The van der Waals surface area contributed by atoms with Gasteiger partial charge in [-0.05, 0) is 60.9 Å². The van der Waals surface area contributed by atoms with Gasteiger partial charge in [0.05, 0.1) is 18.7 Å². The molecule has 0 atom stereocenters. The van der Waals surface area contributed by atoms with E-state index in [9.17, 15) is 9.59 Å². The molecule has 27 heavy (non-hydrogen) atoms. The van der Waals surface area contributed by atoms with E-state index in [1.807, 2.05) is 11.4 Å². The molecule has 1 N–H and O–H groups in total. The van der Waals surface area contributed by atoms with E-state index in [1.54, 1.807) is 18.3 Å². The van der Waals surface area contributed by atoms with Crippen LogP contribution in [0.2, 0.25) is 0 Å². The SMILES string of the molecule is CCOC(=O)c1c(C2CC2)csc1NC(=O)CN(Cc1cccs1)C1CC1. The van der Waals surface area contributed by atoms with E-state index < -0.39 is 0 Å². The van der Waals surface area contributed by atoms with Gasteiger partial charge in [-0.3, -0.25) is 9.69 Å². The van der Waals surface area contributed by atoms with Gasteiger partial charge >= 0.3 is 5.97 Å². The van der Waals surface area contributed by atoms with Crippen LogP contribution in [0, 0.1) is 0 Å². The van der Waals surface area contributed by atoms with E-state index in [0.29, 0.717) is 35.7 Å². The Morgan fingerprint density at radius 2 is 2.07 bits per heavy atom. The van der Waals surface area contributed by atoms with Crippen molar-refractivity contribution in [2.24, 2.45) is 0 Å². The maximum Gasteiger partial charge on any atom is 0.341 e. The summed E-state index contributed by atoms with van der Waals surface area (Å²) >= 11 is 3.15. The molecule has 144 valence electrons. The number of carbonyl (C=O) groups excluding carboxylic acids is 2. The number of esters is 1. The van der Waals surface area contributed by atoms with E-state index in [0.717, 1.165) is 37.8 Å². The number of nitrogens with one attached hydrogen (secondary N) is 1. The smallest absolute Gasteiger partial charge is 0.341 e. The number of ether oxygens (including phenoxy) is 1. The largest absolute Gasteiger partial charge is 0.462 e. The molecule has 0 unspecified atom stereocenters. The van der Waals surface area contributed by atoms with Gasteiger partial charge in [0.25, 0.3) is 0 Å². The first-order chi connectivity index (χ1) is 13.2. The molecule has 2 aromatic heterocycles. The minimum absolute atomic E-state index is 0.0619. The molecule has 0 saturated heterocycles. The Hall–Kier alpha value is -1.70. The molecule has 0 bridgehead atoms. The third-order valence-electron chi connectivity index (χ3n) is 4.92. The second-order valence-corrected chi connectivity index (χ2v) is 9.07. The van der Waals surface area contributed by atoms with Crippen LogP contribution < -0.4 is 5.32 Å². The second-order valence-electron chi connectivity index (χ2n) is 7.15. The fourth-order valence-corrected chi connectivity index (χ4v) is 5.06. The highest BCUT2D eigenvalue weighted by atomic mass is 32.1. The summed E-state index contributed by atoms with van der Waals surface area (Å²) in [5.41, 5.74) is 1.60. The van der Waals surface area contributed by atoms with Crippen molar-refractivity contribution < 1.29 is 14.3 Å². The third-order valence-corrected chi connectivity index (χ3v) is 6.69. The molecule has 0 radical (unpaired) electrons. The molecule has 4 rings (SSSR count). The number of amides is 1. The Kier molecular flexibility index (Phi) is 5.61. The standard InChI is InChI=1S/C20H24N2O3S2/c1-2-25-20(24)18-16(13-5-6-13)12-27-19(18)21-17(23)11-22(14-7-8-14)10-15-4-3-9-26-15/h3-4,9,12-14H,2,5-8,10-11H2,1H3,(H,21,23). The zero-order chi connectivity index (χ0) is 18.8. The van der Waals surface area contributed by atoms with E-state index >= 15 is 0 Å². The lowest BCUT2D eigenvalue weighted by Gasteiger charge is -2.20. The zero-order valence-electron chi connectivity index (χ0n) is 15.4. The molecule has 2 heterocycles. The molecule has 1 amide bonds. The van der Waals surface area contributed by atoms with Crippen LogP contribution >= 0.6 is 22.7 Å². The van der Waals surface area contributed by atoms with Gasteiger partial charge in [-0.25, -0.2) is 4.79 Å². The van der Waals surface area contributed by atoms with Crippen LogP contribution in [0.3, 0.4) is 0 Å². The van der Waals surface area contributed by atoms with E-state index in [4.69, 9.17) is 4.74 Å². The summed E-state index contributed by atoms with van der Waals surface area (Å²) < 4.78 is 5.23. The monoisotopic (exact) mass is 404 g/mol. The maximum atomic E-state index is 12.7. The van der Waals surface area contributed by atoms with Gasteiger partial charge in [0.2, 0.25) is 5.91 Å². The molecule has 2 aliphatic rings. The molecular weight excluding hydrogens is 380 g/mol. The molecule has 0 aliphatic heterocycles. The van der Waals surface area contributed by atoms with Crippen molar-refractivity contribution >= 4 is 39.6 Å². The average molecular weight is 405 g/mol. The molecule has 2 saturated carbocycles. The van der Waals surface area contributed by atoms with Gasteiger partial charge in [-0.1, -0.05) is 6.07 Å². The zero-order valence-corrected chi connectivity index (χ0v) is 17.0. The van der Waals surface area contributed by atoms with Crippen LogP contribution in [0.1, 0.15) is 59.3 Å². The van der Waals surface area contributed by atoms with Gasteiger partial charge in [0, 0.05) is 17.5 Å². The summed E-state index contributed by atoms with van der Waals surface area (Å²) in [6, 6.07) is 4.65. The third kappa shape index (κ3) is 4.59. The first-order valence-corrected chi connectivity index (χ1v) is 11.3. The van der Waals surface area contributed by atoms with E-state index in [-0.39, 0.29) is 11.9 Å². The number of anilines is 1. The Labute approximate surface area is 167 Å². The molecular formula is C20H24N2O3S2. The fourth-order valence-electron chi connectivity index (χ4n) is 3.28. The maximum absolute atomic E-state index is 12.7. The van der Waals surface area contributed by atoms with Crippen molar-refractivity contribution in [3.8, 4) is 0 Å². The minimum atomic E-state index is -0.325. The lowest BCUT2D eigenvalue weighted by molar-refractivity contribution is -0.117. The predicted molar refractivity (Wildman–Crippen MR) is 109 cm³/mol. The van der Waals surface area contributed by atoms with Gasteiger partial charge in [0.15, 0.2) is 0 Å². The van der Waals surface area contributed by atoms with Crippen LogP contribution in [-0.2, 0) is 16.1 Å². The summed E-state index contributed by atoms with van der Waals surface area (Å²) in [5, 5.41) is 7.69. The van der Waals surface area contributed by atoms with Crippen LogP contribution in [0.25, 0.3) is 0 Å². The van der Waals surface area contributed by atoms with E-state index in [2.05, 4.69) is 21.7 Å². The topological polar surface area (TPSA) is 58.6 Å². The summed E-state index contributed by atoms with van der Waals surface area (Å²) in [6.07, 6.45) is 4.51. The molecule has 2 fully saturated rings. The normalized spacial score (nSPS) is 16.5. The molecule has 2 aliphatic carbocycles. The summed E-state index contributed by atoms with van der Waals surface area (Å²) in [7, 11) is 0. The van der Waals surface area contributed by atoms with Crippen LogP contribution in [0.15, 0.2) is 22.9 Å². The van der Waals surface area contributed by atoms with Crippen LogP contribution in [0.4, 0.5) is 5.00 Å². The lowest BCUT2D eigenvalue weighted by atomic mass is 10.1. The van der Waals surface area contributed by atoms with Gasteiger partial charge in [-0.15, -0.1) is 22.7 Å². The Bertz CT molecular complexity index is 807. The summed E-state index contributed by atoms with van der Waals surface area (Å²) in [4.78, 5) is 28.7. The first-order valence-electron chi connectivity index (χ1n) is 9.50. The van der Waals surface area contributed by atoms with Gasteiger partial charge < -0.3 is 10.1 Å². The molecule has 0 spiro atoms. The van der Waals surface area contributed by atoms with Crippen LogP contribution in [0.5, 0.6) is 0 Å². The van der Waals surface area contributed by atoms with Crippen LogP contribution in [-0.4, -0.2) is 36.0 Å². The second kappa shape index (κ2) is 8.12. The Morgan fingerprint density at radius 1 is 1.26 bits per heavy atom. The number of hydrogen-bond donors (Lipinski definition) is 1. The number of thiophene rings is 2. The van der Waals surface area contributed by atoms with Crippen molar-refractivity contribution in [3.63, 3.8) is 0 Å². The number of rotatable bonds is 9. The first kappa shape index (κ1) is 18.7. The van der Waals surface area contributed by atoms with Crippen molar-refractivity contribution in [3.05, 3.63) is 38.9 Å². The summed E-state index contributed by atoms with van der Waals surface area (Å²) in [6.45, 7) is 3.29. The highest BCUT2D eigenvalue weighted by molar-refractivity contribution is 7.15. The number of carbonyl (C=O) groups is 2. The van der Waals surface area contributed by atoms with Gasteiger partial charge in [0.1, 0.15) is 5.00 Å². The van der Waals surface area contributed by atoms with Crippen molar-refractivity contribution in [1.29, 1.82) is 0 Å². The highest BCUT2D eigenvalue weighted by Crippen LogP contribution is 2.46. The predicted octanol–water partition coefficient (Wildman–Crippen LogP) is 4.47. The van der Waals surface area contributed by atoms with E-state index in [1.165, 1.54) is 16.2 Å². The molecule has 0 aromatic carbocycles. The lowest BCUT2D eigenvalue weighted by Crippen LogP contribution is -2.34. The Balaban J connectivity index is 1.45.